The lowest BCUT2D eigenvalue weighted by Gasteiger charge is -2.33. The molecule has 0 atom stereocenters. The number of aromatic nitrogens is 1. The summed E-state index contributed by atoms with van der Waals surface area (Å²) >= 11 is 0. The van der Waals surface area contributed by atoms with E-state index in [0.717, 1.165) is 11.1 Å². The highest BCUT2D eigenvalue weighted by molar-refractivity contribution is 6.42. The highest BCUT2D eigenvalue weighted by Crippen LogP contribution is 2.35. The number of hydrogen-bond donors (Lipinski definition) is 1. The average Bonchev–Trinajstić information content (AvgIpc) is 2.92. The summed E-state index contributed by atoms with van der Waals surface area (Å²) in [6.45, 7) is -0.0796. The second-order valence-electron chi connectivity index (χ2n) is 7.15. The smallest absolute Gasteiger partial charge is 0.255 e. The maximum Gasteiger partial charge on any atom is 0.255 e. The van der Waals surface area contributed by atoms with Crippen LogP contribution >= 0.6 is 0 Å². The zero-order chi connectivity index (χ0) is 21.5. The molecular weight excluding hydrogens is 377 g/mol. The number of pyridine rings is 1. The highest BCUT2D eigenvalue weighted by atomic mass is 19.1. The van der Waals surface area contributed by atoms with E-state index < -0.39 is 11.2 Å². The molecule has 0 fully saturated rings. The van der Waals surface area contributed by atoms with Crippen LogP contribution in [0.3, 0.4) is 0 Å². The van der Waals surface area contributed by atoms with E-state index in [2.05, 4.69) is 9.98 Å². The molecular formula is C22H17B2FN4O. The van der Waals surface area contributed by atoms with Crippen LogP contribution in [0.25, 0.3) is 11.1 Å². The molecule has 0 saturated carbocycles. The van der Waals surface area contributed by atoms with Crippen LogP contribution in [0.4, 0.5) is 10.1 Å². The predicted octanol–water partition coefficient (Wildman–Crippen LogP) is 2.62. The van der Waals surface area contributed by atoms with Gasteiger partial charge in [0.25, 0.3) is 5.91 Å². The van der Waals surface area contributed by atoms with Crippen LogP contribution in [0.1, 0.15) is 27.2 Å². The number of aliphatic imine (C=N–C) groups is 1. The highest BCUT2D eigenvalue weighted by Gasteiger charge is 2.42. The Labute approximate surface area is 176 Å². The third-order valence-electron chi connectivity index (χ3n) is 5.18. The minimum Gasteiger partial charge on any atom is -0.398 e. The number of rotatable bonds is 4. The van der Waals surface area contributed by atoms with Crippen LogP contribution in [0.5, 0.6) is 0 Å². The van der Waals surface area contributed by atoms with Crippen LogP contribution in [0, 0.1) is 5.82 Å². The molecule has 0 saturated heterocycles. The number of nitrogens with two attached hydrogens (primary N) is 1. The van der Waals surface area contributed by atoms with Crippen molar-refractivity contribution in [1.29, 1.82) is 0 Å². The number of hydrogen-bond acceptors (Lipinski definition) is 4. The molecule has 30 heavy (non-hydrogen) atoms. The second-order valence-corrected chi connectivity index (χ2v) is 7.15. The molecule has 4 radical (unpaired) electrons. The van der Waals surface area contributed by atoms with Gasteiger partial charge in [0, 0.05) is 48.2 Å². The number of amides is 1. The maximum absolute atomic E-state index is 14.9. The standard InChI is InChI=1S/C22H17B2FN4O/c1-27-11-16-9-13(6-7-19(16)26)14-4-5-15(18(25)10-14)12-29-21(30)17-3-2-8-28-20(17)22(29,23)24/h2-11H,12,26H2,1H3. The van der Waals surface area contributed by atoms with Crippen LogP contribution in [-0.4, -0.2) is 44.7 Å². The lowest BCUT2D eigenvalue weighted by Crippen LogP contribution is -2.44. The summed E-state index contributed by atoms with van der Waals surface area (Å²) in [5, 5.41) is -1.61. The Morgan fingerprint density at radius 3 is 2.63 bits per heavy atom. The molecule has 0 bridgehead atoms. The SMILES string of the molecule is [B]C1([B])c2ncccc2C(=O)N1Cc1ccc(-c2ccc(N)c(C=NC)c2)cc1F. The van der Waals surface area contributed by atoms with Gasteiger partial charge in [0.05, 0.1) is 26.9 Å². The quantitative estimate of drug-likeness (QED) is 0.420. The number of benzene rings is 2. The molecule has 144 valence electrons. The van der Waals surface area contributed by atoms with E-state index in [-0.39, 0.29) is 18.1 Å². The molecule has 3 aromatic rings. The van der Waals surface area contributed by atoms with Gasteiger partial charge >= 0.3 is 0 Å². The van der Waals surface area contributed by atoms with Gasteiger partial charge in [0.15, 0.2) is 0 Å². The number of halogens is 1. The molecule has 8 heteroatoms. The molecule has 4 rings (SSSR count). The van der Waals surface area contributed by atoms with Gasteiger partial charge < -0.3 is 10.6 Å². The van der Waals surface area contributed by atoms with Gasteiger partial charge in [-0.05, 0) is 41.5 Å². The van der Waals surface area contributed by atoms with Crippen molar-refractivity contribution in [2.45, 2.75) is 11.9 Å². The zero-order valence-corrected chi connectivity index (χ0v) is 16.3. The lowest BCUT2D eigenvalue weighted by atomic mass is 9.59. The first kappa shape index (κ1) is 19.9. The first-order valence-electron chi connectivity index (χ1n) is 9.28. The van der Waals surface area contributed by atoms with Crippen LogP contribution < -0.4 is 5.73 Å². The minimum atomic E-state index is -1.61. The molecule has 2 heterocycles. The van der Waals surface area contributed by atoms with E-state index in [0.29, 0.717) is 22.4 Å². The molecule has 2 aromatic carbocycles. The van der Waals surface area contributed by atoms with E-state index in [1.54, 1.807) is 43.6 Å². The van der Waals surface area contributed by atoms with E-state index in [1.165, 1.54) is 17.2 Å². The van der Waals surface area contributed by atoms with Crippen molar-refractivity contribution in [3.8, 4) is 11.1 Å². The third kappa shape index (κ3) is 3.28. The molecule has 1 aliphatic heterocycles. The molecule has 2 N–H and O–H groups in total. The van der Waals surface area contributed by atoms with Gasteiger partial charge in [-0.25, -0.2) is 4.39 Å². The maximum atomic E-state index is 14.9. The Balaban J connectivity index is 1.64. The Morgan fingerprint density at radius 2 is 1.93 bits per heavy atom. The summed E-state index contributed by atoms with van der Waals surface area (Å²) in [7, 11) is 14.0. The third-order valence-corrected chi connectivity index (χ3v) is 5.18. The monoisotopic (exact) mass is 394 g/mol. The van der Waals surface area contributed by atoms with Gasteiger partial charge in [-0.2, -0.15) is 0 Å². The van der Waals surface area contributed by atoms with Crippen molar-refractivity contribution in [1.82, 2.24) is 9.88 Å². The molecule has 0 spiro atoms. The van der Waals surface area contributed by atoms with Crippen molar-refractivity contribution >= 4 is 33.5 Å². The number of fused-ring (bicyclic) bond motifs is 1. The number of anilines is 1. The lowest BCUT2D eigenvalue weighted by molar-refractivity contribution is 0.0729. The average molecular weight is 394 g/mol. The largest absolute Gasteiger partial charge is 0.398 e. The van der Waals surface area contributed by atoms with E-state index >= 15 is 0 Å². The normalized spacial score (nSPS) is 15.0. The number of carbonyl (C=O) groups excluding carboxylic acids is 1. The van der Waals surface area contributed by atoms with Crippen LogP contribution in [0.2, 0.25) is 0 Å². The van der Waals surface area contributed by atoms with Crippen molar-refractivity contribution in [3.63, 3.8) is 0 Å². The second kappa shape index (κ2) is 7.44. The Kier molecular flexibility index (Phi) is 4.94. The van der Waals surface area contributed by atoms with E-state index in [9.17, 15) is 9.18 Å². The van der Waals surface area contributed by atoms with Crippen molar-refractivity contribution in [2.24, 2.45) is 4.99 Å². The summed E-state index contributed by atoms with van der Waals surface area (Å²) in [6.07, 6.45) is 3.17. The Hall–Kier alpha value is -3.41. The Morgan fingerprint density at radius 1 is 1.20 bits per heavy atom. The fourth-order valence-electron chi connectivity index (χ4n) is 3.57. The molecule has 1 amide bonds. The first-order valence-corrected chi connectivity index (χ1v) is 9.28. The minimum absolute atomic E-state index is 0.0796. The van der Waals surface area contributed by atoms with Gasteiger partial charge in [-0.1, -0.05) is 18.2 Å². The zero-order valence-electron chi connectivity index (χ0n) is 16.3. The summed E-state index contributed by atoms with van der Waals surface area (Å²) in [4.78, 5) is 22.1. The van der Waals surface area contributed by atoms with E-state index in [4.69, 9.17) is 21.4 Å². The predicted molar refractivity (Wildman–Crippen MR) is 117 cm³/mol. The number of nitrogen functional groups attached to an aromatic ring is 1. The van der Waals surface area contributed by atoms with Crippen molar-refractivity contribution in [3.05, 3.63) is 82.9 Å². The van der Waals surface area contributed by atoms with Crippen molar-refractivity contribution in [2.75, 3.05) is 12.8 Å². The van der Waals surface area contributed by atoms with Crippen LogP contribution in [0.15, 0.2) is 59.7 Å². The summed E-state index contributed by atoms with van der Waals surface area (Å²) in [5.74, 6) is -0.851. The van der Waals surface area contributed by atoms with E-state index in [1.807, 2.05) is 12.1 Å². The van der Waals surface area contributed by atoms with Crippen LogP contribution in [-0.2, 0) is 11.9 Å². The number of carbonyl (C=O) groups is 1. The molecule has 1 aliphatic rings. The fourth-order valence-corrected chi connectivity index (χ4v) is 3.57. The fraction of sp³-hybridized carbons (Fsp3) is 0.136. The van der Waals surface area contributed by atoms with Gasteiger partial charge in [0.2, 0.25) is 0 Å². The van der Waals surface area contributed by atoms with Gasteiger partial charge in [-0.3, -0.25) is 14.8 Å². The molecule has 0 unspecified atom stereocenters. The summed E-state index contributed by atoms with van der Waals surface area (Å²) in [5.41, 5.74) is 9.65. The van der Waals surface area contributed by atoms with Gasteiger partial charge in [0.1, 0.15) is 5.82 Å². The number of nitrogens with zero attached hydrogens (tertiary/aromatic N) is 3. The van der Waals surface area contributed by atoms with Gasteiger partial charge in [-0.15, -0.1) is 0 Å². The molecule has 5 nitrogen and oxygen atoms in total. The summed E-state index contributed by atoms with van der Waals surface area (Å²) in [6, 6.07) is 13.5. The summed E-state index contributed by atoms with van der Waals surface area (Å²) < 4.78 is 14.9. The Bertz CT molecular complexity index is 1180. The van der Waals surface area contributed by atoms with Crippen molar-refractivity contribution < 1.29 is 9.18 Å². The molecule has 1 aromatic heterocycles. The molecule has 0 aliphatic carbocycles. The topological polar surface area (TPSA) is 71.6 Å². The first-order chi connectivity index (χ1) is 14.3.